The quantitative estimate of drug-likeness (QED) is 0.776. The summed E-state index contributed by atoms with van der Waals surface area (Å²) in [5, 5.41) is 2.69. The molecule has 0 unspecified atom stereocenters. The number of anilines is 1. The van der Waals surface area contributed by atoms with Crippen LogP contribution in [0.25, 0.3) is 0 Å². The van der Waals surface area contributed by atoms with Gasteiger partial charge < -0.3 is 19.2 Å². The third-order valence-corrected chi connectivity index (χ3v) is 5.01. The van der Waals surface area contributed by atoms with Crippen molar-refractivity contribution >= 4 is 23.4 Å². The molecule has 8 heteroatoms. The first-order valence-corrected chi connectivity index (χ1v) is 9.78. The van der Waals surface area contributed by atoms with Crippen molar-refractivity contribution < 1.29 is 18.7 Å². The Hall–Kier alpha value is -2.45. The van der Waals surface area contributed by atoms with Gasteiger partial charge in [0.25, 0.3) is 5.91 Å². The fourth-order valence-corrected chi connectivity index (χ4v) is 3.60. The van der Waals surface area contributed by atoms with E-state index in [1.54, 1.807) is 31.4 Å². The van der Waals surface area contributed by atoms with E-state index < -0.39 is 0 Å². The fourth-order valence-electron chi connectivity index (χ4n) is 2.62. The van der Waals surface area contributed by atoms with E-state index in [4.69, 9.17) is 13.9 Å². The number of benzene rings is 1. The molecule has 0 bridgehead atoms. The van der Waals surface area contributed by atoms with E-state index in [1.165, 1.54) is 12.3 Å². The van der Waals surface area contributed by atoms with E-state index in [0.29, 0.717) is 23.7 Å². The number of hydrogen-bond acceptors (Lipinski definition) is 7. The van der Waals surface area contributed by atoms with E-state index in [1.807, 2.05) is 11.8 Å². The Balaban J connectivity index is 1.50. The number of thioether (sulfide) groups is 1. The number of nitrogens with one attached hydrogen (secondary N) is 1. The molecule has 1 aromatic carbocycles. The van der Waals surface area contributed by atoms with Gasteiger partial charge in [0.2, 0.25) is 11.2 Å². The van der Waals surface area contributed by atoms with E-state index in [0.717, 1.165) is 24.6 Å². The van der Waals surface area contributed by atoms with Crippen LogP contribution in [-0.4, -0.2) is 49.1 Å². The number of carbonyl (C=O) groups excluding carboxylic acids is 1. The van der Waals surface area contributed by atoms with Gasteiger partial charge in [-0.05, 0) is 24.3 Å². The van der Waals surface area contributed by atoms with Crippen LogP contribution < -0.4 is 20.2 Å². The van der Waals surface area contributed by atoms with Gasteiger partial charge in [0, 0.05) is 36.3 Å². The molecule has 1 aliphatic rings. The molecule has 2 heterocycles. The van der Waals surface area contributed by atoms with Gasteiger partial charge in [-0.1, -0.05) is 0 Å². The molecule has 0 radical (unpaired) electrons. The van der Waals surface area contributed by atoms with Gasteiger partial charge in [-0.3, -0.25) is 14.5 Å². The van der Waals surface area contributed by atoms with Crippen LogP contribution in [0.5, 0.6) is 11.5 Å². The third kappa shape index (κ3) is 5.77. The van der Waals surface area contributed by atoms with Gasteiger partial charge in [0.1, 0.15) is 17.8 Å². The highest BCUT2D eigenvalue weighted by molar-refractivity contribution is 7.99. The van der Waals surface area contributed by atoms with Crippen molar-refractivity contribution in [3.63, 3.8) is 0 Å². The molecule has 0 aliphatic carbocycles. The maximum Gasteiger partial charge on any atom is 0.262 e. The Morgan fingerprint density at radius 3 is 2.67 bits per heavy atom. The lowest BCUT2D eigenvalue weighted by Gasteiger charge is -2.25. The van der Waals surface area contributed by atoms with Crippen LogP contribution in [0.2, 0.25) is 0 Å². The topological polar surface area (TPSA) is 81.0 Å². The van der Waals surface area contributed by atoms with E-state index in [-0.39, 0.29) is 23.7 Å². The minimum absolute atomic E-state index is 0.0258. The largest absolute Gasteiger partial charge is 0.497 e. The first-order valence-electron chi connectivity index (χ1n) is 8.62. The first kappa shape index (κ1) is 19.3. The highest BCUT2D eigenvalue weighted by Crippen LogP contribution is 2.15. The summed E-state index contributed by atoms with van der Waals surface area (Å²) in [7, 11) is 1.57. The molecule has 2 aromatic rings. The summed E-state index contributed by atoms with van der Waals surface area (Å²) in [6.45, 7) is 2.30. The molecule has 1 amide bonds. The number of carbonyl (C=O) groups is 1. The monoisotopic (exact) mass is 390 g/mol. The molecule has 144 valence electrons. The van der Waals surface area contributed by atoms with Gasteiger partial charge in [-0.15, -0.1) is 0 Å². The Morgan fingerprint density at radius 2 is 2.00 bits per heavy atom. The smallest absolute Gasteiger partial charge is 0.262 e. The number of ether oxygens (including phenoxy) is 2. The number of nitrogens with zero attached hydrogens (tertiary/aromatic N) is 1. The Bertz CT molecular complexity index is 816. The van der Waals surface area contributed by atoms with Crippen molar-refractivity contribution in [3.05, 3.63) is 52.6 Å². The minimum Gasteiger partial charge on any atom is -0.497 e. The fraction of sp³-hybridized carbons (Fsp3) is 0.368. The summed E-state index contributed by atoms with van der Waals surface area (Å²) in [6, 6.07) is 8.35. The Morgan fingerprint density at radius 1 is 1.26 bits per heavy atom. The number of amides is 1. The summed E-state index contributed by atoms with van der Waals surface area (Å²) < 4.78 is 15.9. The van der Waals surface area contributed by atoms with Crippen molar-refractivity contribution in [2.45, 2.75) is 6.54 Å². The minimum atomic E-state index is -0.366. The van der Waals surface area contributed by atoms with E-state index >= 15 is 0 Å². The van der Waals surface area contributed by atoms with Crippen molar-refractivity contribution in [2.75, 3.05) is 43.6 Å². The molecule has 1 N–H and O–H groups in total. The molecule has 1 saturated heterocycles. The average molecular weight is 390 g/mol. The zero-order valence-corrected chi connectivity index (χ0v) is 15.9. The van der Waals surface area contributed by atoms with Crippen molar-refractivity contribution in [1.29, 1.82) is 0 Å². The Kier molecular flexibility index (Phi) is 6.78. The molecule has 0 saturated carbocycles. The van der Waals surface area contributed by atoms with Gasteiger partial charge in [0.05, 0.1) is 13.7 Å². The maximum absolute atomic E-state index is 12.2. The predicted molar refractivity (Wildman–Crippen MR) is 105 cm³/mol. The second-order valence-electron chi connectivity index (χ2n) is 6.03. The second-order valence-corrected chi connectivity index (χ2v) is 7.25. The van der Waals surface area contributed by atoms with Crippen LogP contribution >= 0.6 is 11.8 Å². The Labute approximate surface area is 161 Å². The number of rotatable bonds is 7. The van der Waals surface area contributed by atoms with Crippen molar-refractivity contribution in [2.24, 2.45) is 0 Å². The second kappa shape index (κ2) is 9.48. The molecule has 7 nitrogen and oxygen atoms in total. The van der Waals surface area contributed by atoms with Gasteiger partial charge in [-0.25, -0.2) is 0 Å². The zero-order valence-electron chi connectivity index (χ0n) is 15.1. The first-order chi connectivity index (χ1) is 13.1. The molecule has 1 aromatic heterocycles. The maximum atomic E-state index is 12.2. The average Bonchev–Trinajstić information content (AvgIpc) is 2.69. The van der Waals surface area contributed by atoms with Crippen molar-refractivity contribution in [3.8, 4) is 11.5 Å². The standard InChI is InChI=1S/C19H22N2O5S/c1-24-15-4-2-14(3-5-15)20-19(23)13-26-18-12-25-16(10-17(18)22)11-21-6-8-27-9-7-21/h2-5,10,12H,6-9,11,13H2,1H3,(H,20,23). The molecule has 1 fully saturated rings. The third-order valence-electron chi connectivity index (χ3n) is 4.07. The molecule has 0 spiro atoms. The number of methoxy groups -OCH3 is 1. The van der Waals surface area contributed by atoms with Gasteiger partial charge in [-0.2, -0.15) is 11.8 Å². The van der Waals surface area contributed by atoms with E-state index in [2.05, 4.69) is 10.2 Å². The van der Waals surface area contributed by atoms with Crippen LogP contribution in [0.15, 0.2) is 45.8 Å². The summed E-state index contributed by atoms with van der Waals surface area (Å²) >= 11 is 1.93. The van der Waals surface area contributed by atoms with Crippen LogP contribution in [0.3, 0.4) is 0 Å². The lowest BCUT2D eigenvalue weighted by molar-refractivity contribution is -0.118. The predicted octanol–water partition coefficient (Wildman–Crippen LogP) is 2.21. The molecule has 0 atom stereocenters. The molecule has 3 rings (SSSR count). The lowest BCUT2D eigenvalue weighted by Crippen LogP contribution is -2.32. The zero-order chi connectivity index (χ0) is 19.1. The number of hydrogen-bond donors (Lipinski definition) is 1. The normalized spacial score (nSPS) is 14.6. The highest BCUT2D eigenvalue weighted by atomic mass is 32.2. The van der Waals surface area contributed by atoms with Crippen molar-refractivity contribution in [1.82, 2.24) is 4.90 Å². The molecular formula is C19H22N2O5S. The molecular weight excluding hydrogens is 368 g/mol. The van der Waals surface area contributed by atoms with Gasteiger partial charge in [0.15, 0.2) is 6.61 Å². The van der Waals surface area contributed by atoms with Crippen LogP contribution in [-0.2, 0) is 11.3 Å². The molecule has 27 heavy (non-hydrogen) atoms. The van der Waals surface area contributed by atoms with Gasteiger partial charge >= 0.3 is 0 Å². The molecule has 1 aliphatic heterocycles. The SMILES string of the molecule is COc1ccc(NC(=O)COc2coc(CN3CCSCC3)cc2=O)cc1. The van der Waals surface area contributed by atoms with Crippen LogP contribution in [0.1, 0.15) is 5.76 Å². The highest BCUT2D eigenvalue weighted by Gasteiger charge is 2.14. The summed E-state index contributed by atoms with van der Waals surface area (Å²) in [6.07, 6.45) is 1.27. The summed E-state index contributed by atoms with van der Waals surface area (Å²) in [5.74, 6) is 3.14. The van der Waals surface area contributed by atoms with E-state index in [9.17, 15) is 9.59 Å². The van der Waals surface area contributed by atoms with Crippen LogP contribution in [0, 0.1) is 0 Å². The lowest BCUT2D eigenvalue weighted by atomic mass is 10.3. The summed E-state index contributed by atoms with van der Waals surface area (Å²) in [4.78, 5) is 26.4. The summed E-state index contributed by atoms with van der Waals surface area (Å²) in [5.41, 5.74) is 0.325. The van der Waals surface area contributed by atoms with Crippen LogP contribution in [0.4, 0.5) is 5.69 Å².